The fraction of sp³-hybridized carbons (Fsp3) is 0.750. The van der Waals surface area contributed by atoms with Crippen LogP contribution in [0.25, 0.3) is 0 Å². The van der Waals surface area contributed by atoms with Gasteiger partial charge in [0.25, 0.3) is 0 Å². The molecule has 0 saturated heterocycles. The third kappa shape index (κ3) is 19.7. The van der Waals surface area contributed by atoms with Crippen LogP contribution in [0.5, 0.6) is 0 Å². The van der Waals surface area contributed by atoms with Crippen molar-refractivity contribution in [2.24, 2.45) is 5.73 Å². The predicted octanol–water partition coefficient (Wildman–Crippen LogP) is 6.11. The van der Waals surface area contributed by atoms with Crippen LogP contribution in [0.1, 0.15) is 110 Å². The molecular formula is C24H45AsClNO3. The quantitative estimate of drug-likeness (QED) is 0.176. The van der Waals surface area contributed by atoms with E-state index in [-0.39, 0.29) is 4.35 Å². The van der Waals surface area contributed by atoms with E-state index in [2.05, 4.69) is 6.92 Å². The van der Waals surface area contributed by atoms with Crippen LogP contribution >= 0.6 is 11.6 Å². The summed E-state index contributed by atoms with van der Waals surface area (Å²) in [6, 6.07) is 5.58. The molecule has 0 amide bonds. The first kappa shape index (κ1) is 29.7. The van der Waals surface area contributed by atoms with Gasteiger partial charge < -0.3 is 5.73 Å². The van der Waals surface area contributed by atoms with E-state index in [1.54, 1.807) is 0 Å². The predicted molar refractivity (Wildman–Crippen MR) is 131 cm³/mol. The van der Waals surface area contributed by atoms with Gasteiger partial charge in [-0.05, 0) is 13.0 Å². The Kier molecular flexibility index (Phi) is 20.5. The van der Waals surface area contributed by atoms with Gasteiger partial charge in [0.05, 0.1) is 0 Å². The molecule has 0 fully saturated rings. The molecule has 4 N–H and O–H groups in total. The molecule has 0 atom stereocenters. The monoisotopic (exact) mass is 505 g/mol. The minimum absolute atomic E-state index is 0.0486. The molecule has 0 radical (unpaired) electrons. The summed E-state index contributed by atoms with van der Waals surface area (Å²) in [5.41, 5.74) is 5.48. The molecule has 0 saturated carbocycles. The maximum absolute atomic E-state index is 10.7. The van der Waals surface area contributed by atoms with Crippen molar-refractivity contribution < 1.29 is 11.9 Å². The topological polar surface area (TPSA) is 83.6 Å². The number of hydrogen-bond donors (Lipinski definition) is 3. The van der Waals surface area contributed by atoms with Crippen molar-refractivity contribution in [1.82, 2.24) is 0 Å². The van der Waals surface area contributed by atoms with Crippen LogP contribution in [0.4, 0.5) is 0 Å². The van der Waals surface area contributed by atoms with Gasteiger partial charge in [0.15, 0.2) is 0 Å². The molecule has 0 aliphatic rings. The second kappa shape index (κ2) is 20.6. The van der Waals surface area contributed by atoms with Crippen molar-refractivity contribution in [1.29, 1.82) is 0 Å². The Morgan fingerprint density at radius 3 is 1.33 bits per heavy atom. The van der Waals surface area contributed by atoms with E-state index in [1.165, 1.54) is 127 Å². The number of hydrogen-bond acceptors (Lipinski definition) is 2. The molecule has 0 spiro atoms. The average molecular weight is 506 g/mol. The van der Waals surface area contributed by atoms with E-state index in [9.17, 15) is 3.74 Å². The standard InChI is InChI=1S/C18H39N.C6H6AsClO3/c1-2-3-4-5-6-7-8-9-10-11-12-13-14-15-16-17-18-19;8-6-3-1-5(2-4-6)7(9,10)11/h2-19H2,1H3;1-4H,(H2,9,10,11). The fourth-order valence-corrected chi connectivity index (χ4v) is 4.58. The first-order valence-corrected chi connectivity index (χ1v) is 15.7. The fourth-order valence-electron chi connectivity index (χ4n) is 3.33. The Balaban J connectivity index is 0.000000642. The van der Waals surface area contributed by atoms with Gasteiger partial charge >= 0.3 is 71.3 Å². The SMILES string of the molecule is CCCCCCCCCCCCCCCCCCN.O=[As](O)(O)c1ccc(Cl)cc1. The molecule has 1 rings (SSSR count). The van der Waals surface area contributed by atoms with Crippen molar-refractivity contribution in [3.05, 3.63) is 29.3 Å². The van der Waals surface area contributed by atoms with Gasteiger partial charge in [-0.15, -0.1) is 0 Å². The summed E-state index contributed by atoms with van der Waals surface area (Å²) in [6.45, 7) is 3.16. The summed E-state index contributed by atoms with van der Waals surface area (Å²) in [5.74, 6) is 0. The van der Waals surface area contributed by atoms with Crippen LogP contribution in [0.2, 0.25) is 5.02 Å². The van der Waals surface area contributed by atoms with Crippen molar-refractivity contribution in [2.75, 3.05) is 6.54 Å². The van der Waals surface area contributed by atoms with E-state index in [0.29, 0.717) is 5.02 Å². The summed E-state index contributed by atoms with van der Waals surface area (Å²) in [5, 5.41) is 0.470. The Hall–Kier alpha value is -0.252. The first-order valence-electron chi connectivity index (χ1n) is 11.9. The molecule has 0 unspecified atom stereocenters. The third-order valence-electron chi connectivity index (χ3n) is 5.22. The number of unbranched alkanes of at least 4 members (excludes halogenated alkanes) is 15. The van der Waals surface area contributed by atoms with Crippen molar-refractivity contribution in [2.45, 2.75) is 110 Å². The maximum atomic E-state index is 10.7. The summed E-state index contributed by atoms with van der Waals surface area (Å²) >= 11 is 0.832. The summed E-state index contributed by atoms with van der Waals surface area (Å²) < 4.78 is 28.1. The van der Waals surface area contributed by atoms with Gasteiger partial charge in [-0.1, -0.05) is 103 Å². The van der Waals surface area contributed by atoms with E-state index in [0.717, 1.165) is 6.54 Å². The van der Waals surface area contributed by atoms with Crippen molar-refractivity contribution in [3.63, 3.8) is 0 Å². The normalized spacial score (nSPS) is 11.2. The van der Waals surface area contributed by atoms with Crippen LogP contribution in [0.15, 0.2) is 24.3 Å². The number of halogens is 1. The summed E-state index contributed by atoms with van der Waals surface area (Å²) in [6.07, 6.45) is 22.9. The Labute approximate surface area is 193 Å². The molecule has 0 aliphatic carbocycles. The summed E-state index contributed by atoms with van der Waals surface area (Å²) in [7, 11) is 0. The molecule has 1 aromatic carbocycles. The van der Waals surface area contributed by atoms with E-state index < -0.39 is 14.2 Å². The number of rotatable bonds is 17. The molecule has 30 heavy (non-hydrogen) atoms. The van der Waals surface area contributed by atoms with E-state index >= 15 is 0 Å². The second-order valence-corrected chi connectivity index (χ2v) is 11.9. The minimum atomic E-state index is -4.68. The van der Waals surface area contributed by atoms with Crippen LogP contribution in [0, 0.1) is 0 Å². The first-order chi connectivity index (χ1) is 14.4. The molecule has 0 heterocycles. The van der Waals surface area contributed by atoms with Crippen molar-refractivity contribution >= 4 is 30.1 Å². The van der Waals surface area contributed by atoms with E-state index in [1.807, 2.05) is 0 Å². The Morgan fingerprint density at radius 1 is 0.700 bits per heavy atom. The molecule has 0 bridgehead atoms. The van der Waals surface area contributed by atoms with Gasteiger partial charge in [0.1, 0.15) is 0 Å². The average Bonchev–Trinajstić information content (AvgIpc) is 2.71. The van der Waals surface area contributed by atoms with Gasteiger partial charge in [0, 0.05) is 0 Å². The van der Waals surface area contributed by atoms with Crippen LogP contribution in [0.3, 0.4) is 0 Å². The van der Waals surface area contributed by atoms with Crippen LogP contribution in [-0.2, 0) is 3.74 Å². The van der Waals surface area contributed by atoms with Crippen molar-refractivity contribution in [3.8, 4) is 0 Å². The van der Waals surface area contributed by atoms with Gasteiger partial charge in [-0.25, -0.2) is 0 Å². The second-order valence-electron chi connectivity index (χ2n) is 8.11. The molecule has 1 aromatic rings. The Morgan fingerprint density at radius 2 is 1.03 bits per heavy atom. The van der Waals surface area contributed by atoms with E-state index in [4.69, 9.17) is 25.5 Å². The van der Waals surface area contributed by atoms with Gasteiger partial charge in [0.2, 0.25) is 0 Å². The molecule has 0 aromatic heterocycles. The number of benzene rings is 1. The zero-order chi connectivity index (χ0) is 22.5. The molecule has 4 nitrogen and oxygen atoms in total. The molecule has 6 heteroatoms. The van der Waals surface area contributed by atoms with Gasteiger partial charge in [-0.3, -0.25) is 0 Å². The third-order valence-corrected chi connectivity index (χ3v) is 7.51. The summed E-state index contributed by atoms with van der Waals surface area (Å²) in [4.78, 5) is 0. The van der Waals surface area contributed by atoms with Crippen LogP contribution in [-0.4, -0.2) is 28.9 Å². The molecule has 176 valence electrons. The Bertz CT molecular complexity index is 518. The van der Waals surface area contributed by atoms with Crippen LogP contribution < -0.4 is 10.1 Å². The number of nitrogens with two attached hydrogens (primary N) is 1. The molecular weight excluding hydrogens is 461 g/mol. The van der Waals surface area contributed by atoms with Gasteiger partial charge in [-0.2, -0.15) is 0 Å². The zero-order valence-corrected chi connectivity index (χ0v) is 21.7. The zero-order valence-electron chi connectivity index (χ0n) is 19.0. The molecule has 0 aliphatic heterocycles.